The second-order valence-electron chi connectivity index (χ2n) is 4.88. The lowest BCUT2D eigenvalue weighted by molar-refractivity contribution is 0.0913. The normalized spacial score (nSPS) is 13.3. The van der Waals surface area contributed by atoms with Gasteiger partial charge in [0.15, 0.2) is 0 Å². The van der Waals surface area contributed by atoms with Crippen molar-refractivity contribution in [2.24, 2.45) is 0 Å². The summed E-state index contributed by atoms with van der Waals surface area (Å²) in [7, 11) is 0. The smallest absolute Gasteiger partial charge is 0.253 e. The van der Waals surface area contributed by atoms with Gasteiger partial charge in [0.05, 0.1) is 11.3 Å². The molecule has 1 atom stereocenters. The van der Waals surface area contributed by atoms with Gasteiger partial charge in [-0.3, -0.25) is 9.78 Å². The Morgan fingerprint density at radius 1 is 1.41 bits per heavy atom. The van der Waals surface area contributed by atoms with Crippen LogP contribution in [0.2, 0.25) is 0 Å². The molecule has 0 spiro atoms. The number of hydrogen-bond acceptors (Lipinski definition) is 2. The first-order valence-corrected chi connectivity index (χ1v) is 6.56. The third kappa shape index (κ3) is 3.53. The minimum absolute atomic E-state index is 0.0775. The molecule has 0 aliphatic rings. The lowest BCUT2D eigenvalue weighted by atomic mass is 10.0. The Hall–Kier alpha value is -0.900. The van der Waals surface area contributed by atoms with Crippen molar-refractivity contribution in [3.63, 3.8) is 0 Å². The summed E-state index contributed by atoms with van der Waals surface area (Å²) >= 11 is 3.50. The highest BCUT2D eigenvalue weighted by Crippen LogP contribution is 2.18. The molecule has 0 saturated carbocycles. The number of alkyl halides is 1. The maximum atomic E-state index is 12.1. The molecule has 3 nitrogen and oxygen atoms in total. The fourth-order valence-corrected chi connectivity index (χ4v) is 1.50. The van der Waals surface area contributed by atoms with Crippen LogP contribution < -0.4 is 5.32 Å². The van der Waals surface area contributed by atoms with Crippen LogP contribution in [0.3, 0.4) is 0 Å². The van der Waals surface area contributed by atoms with Crippen molar-refractivity contribution >= 4 is 21.8 Å². The van der Waals surface area contributed by atoms with Gasteiger partial charge in [0.25, 0.3) is 5.91 Å². The minimum Gasteiger partial charge on any atom is -0.346 e. The van der Waals surface area contributed by atoms with E-state index in [1.54, 1.807) is 0 Å². The Morgan fingerprint density at radius 3 is 2.47 bits per heavy atom. The number of carbonyl (C=O) groups excluding carboxylic acids is 1. The summed E-state index contributed by atoms with van der Waals surface area (Å²) < 4.78 is 0. The number of rotatable bonds is 3. The van der Waals surface area contributed by atoms with E-state index >= 15 is 0 Å². The Labute approximate surface area is 111 Å². The Bertz CT molecular complexity index is 427. The molecule has 0 bridgehead atoms. The summed E-state index contributed by atoms with van der Waals surface area (Å²) in [6, 6.07) is 3.68. The molecule has 17 heavy (non-hydrogen) atoms. The molecule has 1 amide bonds. The number of aromatic nitrogens is 1. The summed E-state index contributed by atoms with van der Waals surface area (Å²) in [5.74, 6) is -0.0775. The molecule has 0 aliphatic heterocycles. The summed E-state index contributed by atoms with van der Waals surface area (Å²) in [5, 5.41) is 3.01. The average Bonchev–Trinajstić information content (AvgIpc) is 2.15. The maximum Gasteiger partial charge on any atom is 0.253 e. The van der Waals surface area contributed by atoms with Gasteiger partial charge in [0.2, 0.25) is 0 Å². The van der Waals surface area contributed by atoms with Crippen LogP contribution in [0.4, 0.5) is 0 Å². The summed E-state index contributed by atoms with van der Waals surface area (Å²) in [6.07, 6.45) is 0. The number of nitrogens with one attached hydrogen (secondary N) is 1. The van der Waals surface area contributed by atoms with Crippen LogP contribution in [0.5, 0.6) is 0 Å². The van der Waals surface area contributed by atoms with Gasteiger partial charge in [0, 0.05) is 16.1 Å². The number of pyridine rings is 1. The first-order chi connectivity index (χ1) is 7.74. The Balaban J connectivity index is 2.91. The molecule has 1 rings (SSSR count). The molecule has 94 valence electrons. The molecule has 4 heteroatoms. The molecule has 0 saturated heterocycles. The summed E-state index contributed by atoms with van der Waals surface area (Å²) in [4.78, 5) is 16.6. The van der Waals surface area contributed by atoms with Crippen molar-refractivity contribution in [3.8, 4) is 0 Å². The van der Waals surface area contributed by atoms with Crippen LogP contribution in [0.1, 0.15) is 42.5 Å². The molecule has 0 fully saturated rings. The second kappa shape index (κ2) is 5.17. The fourth-order valence-electron chi connectivity index (χ4n) is 1.39. The van der Waals surface area contributed by atoms with E-state index in [0.717, 1.165) is 11.4 Å². The number of aryl methyl sites for hydroxylation is 2. The van der Waals surface area contributed by atoms with E-state index in [9.17, 15) is 4.79 Å². The monoisotopic (exact) mass is 298 g/mol. The van der Waals surface area contributed by atoms with Crippen LogP contribution in [-0.2, 0) is 0 Å². The zero-order valence-electron chi connectivity index (χ0n) is 11.0. The first-order valence-electron chi connectivity index (χ1n) is 5.65. The van der Waals surface area contributed by atoms with Gasteiger partial charge in [0.1, 0.15) is 0 Å². The first kappa shape index (κ1) is 14.2. The van der Waals surface area contributed by atoms with Crippen molar-refractivity contribution < 1.29 is 4.79 Å². The van der Waals surface area contributed by atoms with Crippen LogP contribution in [0.15, 0.2) is 12.1 Å². The fraction of sp³-hybridized carbons (Fsp3) is 0.538. The Kier molecular flexibility index (Phi) is 4.31. The average molecular weight is 299 g/mol. The predicted molar refractivity (Wildman–Crippen MR) is 73.6 cm³/mol. The standard InChI is InChI=1S/C13H19BrN2O/c1-8-6-7-11(9(2)15-8)12(17)16-13(4,5)10(3)14/h6-7,10H,1-5H3,(H,16,17). The van der Waals surface area contributed by atoms with Crippen LogP contribution >= 0.6 is 15.9 Å². The lowest BCUT2D eigenvalue weighted by Crippen LogP contribution is -2.49. The van der Waals surface area contributed by atoms with Crippen molar-refractivity contribution in [1.82, 2.24) is 10.3 Å². The summed E-state index contributed by atoms with van der Waals surface area (Å²) in [6.45, 7) is 9.76. The second-order valence-corrected chi connectivity index (χ2v) is 6.25. The number of halogens is 1. The van der Waals surface area contributed by atoms with E-state index in [0.29, 0.717) is 5.56 Å². The van der Waals surface area contributed by atoms with Gasteiger partial charge in [-0.05, 0) is 39.8 Å². The van der Waals surface area contributed by atoms with Gasteiger partial charge in [-0.2, -0.15) is 0 Å². The van der Waals surface area contributed by atoms with Gasteiger partial charge < -0.3 is 5.32 Å². The van der Waals surface area contributed by atoms with Gasteiger partial charge in [-0.1, -0.05) is 22.9 Å². The molecule has 1 N–H and O–H groups in total. The number of hydrogen-bond donors (Lipinski definition) is 1. The van der Waals surface area contributed by atoms with Crippen molar-refractivity contribution in [2.45, 2.75) is 45.0 Å². The number of amides is 1. The van der Waals surface area contributed by atoms with E-state index in [-0.39, 0.29) is 16.3 Å². The van der Waals surface area contributed by atoms with Crippen LogP contribution in [0, 0.1) is 13.8 Å². The zero-order chi connectivity index (χ0) is 13.2. The van der Waals surface area contributed by atoms with Crippen molar-refractivity contribution in [2.75, 3.05) is 0 Å². The third-order valence-corrected chi connectivity index (χ3v) is 4.04. The van der Waals surface area contributed by atoms with Gasteiger partial charge in [-0.15, -0.1) is 0 Å². The highest BCUT2D eigenvalue weighted by atomic mass is 79.9. The maximum absolute atomic E-state index is 12.1. The number of carbonyl (C=O) groups is 1. The largest absolute Gasteiger partial charge is 0.346 e. The zero-order valence-corrected chi connectivity index (χ0v) is 12.6. The van der Waals surface area contributed by atoms with E-state index in [2.05, 4.69) is 26.2 Å². The molecular formula is C13H19BrN2O. The minimum atomic E-state index is -0.297. The molecule has 0 aliphatic carbocycles. The van der Waals surface area contributed by atoms with Crippen LogP contribution in [0.25, 0.3) is 0 Å². The quantitative estimate of drug-likeness (QED) is 0.872. The molecule has 0 radical (unpaired) electrons. The van der Waals surface area contributed by atoms with Crippen LogP contribution in [-0.4, -0.2) is 21.3 Å². The van der Waals surface area contributed by atoms with E-state index in [1.165, 1.54) is 0 Å². The van der Waals surface area contributed by atoms with Crippen molar-refractivity contribution in [1.29, 1.82) is 0 Å². The highest BCUT2D eigenvalue weighted by Gasteiger charge is 2.26. The Morgan fingerprint density at radius 2 is 2.00 bits per heavy atom. The van der Waals surface area contributed by atoms with E-state index in [4.69, 9.17) is 0 Å². The highest BCUT2D eigenvalue weighted by molar-refractivity contribution is 9.09. The predicted octanol–water partition coefficient (Wildman–Crippen LogP) is 2.99. The van der Waals surface area contributed by atoms with E-state index < -0.39 is 0 Å². The molecule has 1 heterocycles. The molecule has 1 aromatic heterocycles. The lowest BCUT2D eigenvalue weighted by Gasteiger charge is -2.29. The molecule has 0 aromatic carbocycles. The SMILES string of the molecule is Cc1ccc(C(=O)NC(C)(C)C(C)Br)c(C)n1. The van der Waals surface area contributed by atoms with Gasteiger partial charge in [-0.25, -0.2) is 0 Å². The topological polar surface area (TPSA) is 42.0 Å². The third-order valence-electron chi connectivity index (χ3n) is 2.90. The molecular weight excluding hydrogens is 280 g/mol. The number of nitrogens with zero attached hydrogens (tertiary/aromatic N) is 1. The van der Waals surface area contributed by atoms with Gasteiger partial charge >= 0.3 is 0 Å². The molecule has 1 unspecified atom stereocenters. The van der Waals surface area contributed by atoms with E-state index in [1.807, 2.05) is 46.8 Å². The summed E-state index contributed by atoms with van der Waals surface area (Å²) in [5.41, 5.74) is 2.03. The molecule has 1 aromatic rings. The van der Waals surface area contributed by atoms with Crippen molar-refractivity contribution in [3.05, 3.63) is 29.1 Å².